The zero-order valence-corrected chi connectivity index (χ0v) is 9.75. The van der Waals surface area contributed by atoms with Crippen LogP contribution in [0.3, 0.4) is 0 Å². The van der Waals surface area contributed by atoms with Crippen molar-refractivity contribution in [2.24, 2.45) is 5.92 Å². The molecule has 15 heavy (non-hydrogen) atoms. The minimum absolute atomic E-state index is 0.0997. The normalized spacial score (nSPS) is 11.9. The van der Waals surface area contributed by atoms with E-state index in [4.69, 9.17) is 9.47 Å². The summed E-state index contributed by atoms with van der Waals surface area (Å²) in [6.45, 7) is 6.34. The highest BCUT2D eigenvalue weighted by atomic mass is 16.5. The Hall–Kier alpha value is -1.06. The average molecular weight is 216 g/mol. The van der Waals surface area contributed by atoms with Gasteiger partial charge in [-0.2, -0.15) is 0 Å². The van der Waals surface area contributed by atoms with Gasteiger partial charge in [0.2, 0.25) is 0 Å². The molecule has 0 saturated heterocycles. The van der Waals surface area contributed by atoms with Gasteiger partial charge in [-0.25, -0.2) is 0 Å². The summed E-state index contributed by atoms with van der Waals surface area (Å²) in [6, 6.07) is 0. The maximum Gasteiger partial charge on any atom is 0.309 e. The number of hydrogen-bond acceptors (Lipinski definition) is 4. The Labute approximate surface area is 90.9 Å². The van der Waals surface area contributed by atoms with Gasteiger partial charge in [0.25, 0.3) is 0 Å². The van der Waals surface area contributed by atoms with Crippen molar-refractivity contribution >= 4 is 11.9 Å². The molecular formula is C11H20O4. The molecular weight excluding hydrogens is 196 g/mol. The van der Waals surface area contributed by atoms with Gasteiger partial charge in [-0.05, 0) is 12.8 Å². The first-order valence-electron chi connectivity index (χ1n) is 5.44. The monoisotopic (exact) mass is 216 g/mol. The summed E-state index contributed by atoms with van der Waals surface area (Å²) in [4.78, 5) is 22.4. The summed E-state index contributed by atoms with van der Waals surface area (Å²) in [6.07, 6.45) is 1.68. The predicted molar refractivity (Wildman–Crippen MR) is 56.3 cm³/mol. The fourth-order valence-corrected chi connectivity index (χ4v) is 0.953. The molecule has 0 amide bonds. The van der Waals surface area contributed by atoms with Crippen LogP contribution in [-0.4, -0.2) is 25.2 Å². The minimum Gasteiger partial charge on any atom is -0.466 e. The van der Waals surface area contributed by atoms with Gasteiger partial charge in [0, 0.05) is 0 Å². The Morgan fingerprint density at radius 1 is 1.07 bits per heavy atom. The van der Waals surface area contributed by atoms with Crippen molar-refractivity contribution in [3.63, 3.8) is 0 Å². The number of esters is 2. The molecule has 0 aromatic heterocycles. The molecule has 1 atom stereocenters. The fraction of sp³-hybridized carbons (Fsp3) is 0.818. The molecule has 0 spiro atoms. The summed E-state index contributed by atoms with van der Waals surface area (Å²) in [5.41, 5.74) is 0. The van der Waals surface area contributed by atoms with E-state index in [9.17, 15) is 9.59 Å². The van der Waals surface area contributed by atoms with Crippen molar-refractivity contribution in [2.75, 3.05) is 13.2 Å². The first kappa shape index (κ1) is 13.9. The fourth-order valence-electron chi connectivity index (χ4n) is 0.953. The Balaban J connectivity index is 3.75. The van der Waals surface area contributed by atoms with E-state index in [0.717, 1.165) is 12.8 Å². The largest absolute Gasteiger partial charge is 0.466 e. The van der Waals surface area contributed by atoms with Crippen LogP contribution in [0.2, 0.25) is 0 Å². The standard InChI is InChI=1S/C11H20O4/c1-4-6-14-10(12)8-9(3)11(13)15-7-5-2/h9H,4-8H2,1-3H3. The van der Waals surface area contributed by atoms with Gasteiger partial charge in [0.15, 0.2) is 0 Å². The second-order valence-electron chi connectivity index (χ2n) is 3.49. The first-order valence-corrected chi connectivity index (χ1v) is 5.44. The van der Waals surface area contributed by atoms with Gasteiger partial charge < -0.3 is 9.47 Å². The molecule has 0 rings (SSSR count). The topological polar surface area (TPSA) is 52.6 Å². The van der Waals surface area contributed by atoms with Crippen LogP contribution in [0.5, 0.6) is 0 Å². The van der Waals surface area contributed by atoms with Gasteiger partial charge in [-0.1, -0.05) is 20.8 Å². The van der Waals surface area contributed by atoms with E-state index in [1.807, 2.05) is 13.8 Å². The smallest absolute Gasteiger partial charge is 0.309 e. The second-order valence-corrected chi connectivity index (χ2v) is 3.49. The Kier molecular flexibility index (Phi) is 7.68. The zero-order valence-electron chi connectivity index (χ0n) is 9.75. The van der Waals surface area contributed by atoms with Crippen molar-refractivity contribution < 1.29 is 19.1 Å². The Morgan fingerprint density at radius 3 is 2.13 bits per heavy atom. The summed E-state index contributed by atoms with van der Waals surface area (Å²) >= 11 is 0. The maximum absolute atomic E-state index is 11.3. The molecule has 0 N–H and O–H groups in total. The van der Waals surface area contributed by atoms with Crippen molar-refractivity contribution in [1.82, 2.24) is 0 Å². The lowest BCUT2D eigenvalue weighted by Crippen LogP contribution is -2.20. The van der Waals surface area contributed by atoms with Crippen molar-refractivity contribution in [2.45, 2.75) is 40.0 Å². The highest BCUT2D eigenvalue weighted by Gasteiger charge is 2.18. The Bertz CT molecular complexity index is 201. The third-order valence-electron chi connectivity index (χ3n) is 1.79. The highest BCUT2D eigenvalue weighted by Crippen LogP contribution is 2.06. The zero-order chi connectivity index (χ0) is 11.7. The van der Waals surface area contributed by atoms with Crippen molar-refractivity contribution in [3.8, 4) is 0 Å². The molecule has 0 aliphatic heterocycles. The molecule has 4 nitrogen and oxygen atoms in total. The molecule has 4 heteroatoms. The molecule has 0 saturated carbocycles. The van der Waals surface area contributed by atoms with Crippen LogP contribution >= 0.6 is 0 Å². The third-order valence-corrected chi connectivity index (χ3v) is 1.79. The molecule has 0 aliphatic carbocycles. The van der Waals surface area contributed by atoms with Crippen LogP contribution in [0, 0.1) is 5.92 Å². The number of rotatable bonds is 7. The van der Waals surface area contributed by atoms with E-state index in [1.54, 1.807) is 6.92 Å². The lowest BCUT2D eigenvalue weighted by atomic mass is 10.1. The average Bonchev–Trinajstić information content (AvgIpc) is 2.22. The van der Waals surface area contributed by atoms with Crippen molar-refractivity contribution in [3.05, 3.63) is 0 Å². The summed E-state index contributed by atoms with van der Waals surface area (Å²) in [5.74, 6) is -1.08. The molecule has 88 valence electrons. The molecule has 0 fully saturated rings. The van der Waals surface area contributed by atoms with Gasteiger partial charge >= 0.3 is 11.9 Å². The summed E-state index contributed by atoms with van der Waals surface area (Å²) < 4.78 is 9.78. The van der Waals surface area contributed by atoms with Crippen molar-refractivity contribution in [1.29, 1.82) is 0 Å². The summed E-state index contributed by atoms with van der Waals surface area (Å²) in [7, 11) is 0. The number of carbonyl (C=O) groups excluding carboxylic acids is 2. The van der Waals surface area contributed by atoms with Gasteiger partial charge in [-0.15, -0.1) is 0 Å². The SMILES string of the molecule is CCCOC(=O)CC(C)C(=O)OCCC. The molecule has 0 aliphatic rings. The van der Waals surface area contributed by atoms with E-state index in [-0.39, 0.29) is 18.4 Å². The predicted octanol–water partition coefficient (Wildman–Crippen LogP) is 1.92. The molecule has 0 heterocycles. The molecule has 0 bridgehead atoms. The van der Waals surface area contributed by atoms with E-state index in [0.29, 0.717) is 13.2 Å². The van der Waals surface area contributed by atoms with Gasteiger partial charge in [0.1, 0.15) is 0 Å². The number of hydrogen-bond donors (Lipinski definition) is 0. The maximum atomic E-state index is 11.3. The van der Waals surface area contributed by atoms with Crippen LogP contribution in [0.1, 0.15) is 40.0 Å². The quantitative estimate of drug-likeness (QED) is 0.610. The first-order chi connectivity index (χ1) is 7.11. The second kappa shape index (κ2) is 8.26. The number of ether oxygens (including phenoxy) is 2. The molecule has 1 unspecified atom stereocenters. The van der Waals surface area contributed by atoms with Crippen LogP contribution in [0.25, 0.3) is 0 Å². The summed E-state index contributed by atoms with van der Waals surface area (Å²) in [5, 5.41) is 0. The van der Waals surface area contributed by atoms with Crippen LogP contribution < -0.4 is 0 Å². The van der Waals surface area contributed by atoms with Gasteiger partial charge in [-0.3, -0.25) is 9.59 Å². The molecule has 0 radical (unpaired) electrons. The molecule has 0 aromatic rings. The van der Waals surface area contributed by atoms with E-state index >= 15 is 0 Å². The third kappa shape index (κ3) is 6.94. The van der Waals surface area contributed by atoms with Gasteiger partial charge in [0.05, 0.1) is 25.6 Å². The number of carbonyl (C=O) groups is 2. The van der Waals surface area contributed by atoms with Crippen LogP contribution in [0.15, 0.2) is 0 Å². The lowest BCUT2D eigenvalue weighted by molar-refractivity contribution is -0.154. The van der Waals surface area contributed by atoms with Crippen LogP contribution in [-0.2, 0) is 19.1 Å². The minimum atomic E-state index is -0.416. The van der Waals surface area contributed by atoms with E-state index < -0.39 is 5.92 Å². The van der Waals surface area contributed by atoms with Crippen LogP contribution in [0.4, 0.5) is 0 Å². The molecule has 0 aromatic carbocycles. The lowest BCUT2D eigenvalue weighted by Gasteiger charge is -2.10. The van der Waals surface area contributed by atoms with E-state index in [2.05, 4.69) is 0 Å². The highest BCUT2D eigenvalue weighted by molar-refractivity contribution is 5.79. The Morgan fingerprint density at radius 2 is 1.60 bits per heavy atom. The van der Waals surface area contributed by atoms with E-state index in [1.165, 1.54) is 0 Å².